The van der Waals surface area contributed by atoms with Crippen LogP contribution in [0.3, 0.4) is 0 Å². The fourth-order valence-corrected chi connectivity index (χ4v) is 1.83. The number of Topliss-reactive ketones (excluding diaryl/α,β-unsaturated/α-hetero) is 1. The standard InChI is InChI=1S/C12H15NO2/c1-10(14)9-13-7-4-8-15-12-6-3-2-5-11(12)13/h2-3,5-6H,4,7-9H2,1H3. The van der Waals surface area contributed by atoms with E-state index in [-0.39, 0.29) is 5.78 Å². The van der Waals surface area contributed by atoms with Gasteiger partial charge in [-0.1, -0.05) is 12.1 Å². The van der Waals surface area contributed by atoms with E-state index in [0.717, 1.165) is 31.0 Å². The van der Waals surface area contributed by atoms with Crippen molar-refractivity contribution in [1.29, 1.82) is 0 Å². The summed E-state index contributed by atoms with van der Waals surface area (Å²) >= 11 is 0. The highest BCUT2D eigenvalue weighted by Crippen LogP contribution is 2.30. The minimum Gasteiger partial charge on any atom is -0.491 e. The fourth-order valence-electron chi connectivity index (χ4n) is 1.83. The summed E-state index contributed by atoms with van der Waals surface area (Å²) in [5.41, 5.74) is 1.03. The Hall–Kier alpha value is -1.51. The first kappa shape index (κ1) is 10.0. The van der Waals surface area contributed by atoms with Crippen LogP contribution in [0.2, 0.25) is 0 Å². The minimum atomic E-state index is 0.187. The topological polar surface area (TPSA) is 29.5 Å². The van der Waals surface area contributed by atoms with E-state index in [1.54, 1.807) is 6.92 Å². The maximum Gasteiger partial charge on any atom is 0.149 e. The Labute approximate surface area is 89.7 Å². The van der Waals surface area contributed by atoms with Crippen LogP contribution in [0, 0.1) is 0 Å². The molecule has 0 unspecified atom stereocenters. The van der Waals surface area contributed by atoms with Crippen molar-refractivity contribution in [3.63, 3.8) is 0 Å². The lowest BCUT2D eigenvalue weighted by molar-refractivity contribution is -0.115. The summed E-state index contributed by atoms with van der Waals surface area (Å²) in [6.07, 6.45) is 0.960. The van der Waals surface area contributed by atoms with Gasteiger partial charge in [-0.3, -0.25) is 4.79 Å². The van der Waals surface area contributed by atoms with Crippen molar-refractivity contribution < 1.29 is 9.53 Å². The highest BCUT2D eigenvalue weighted by Gasteiger charge is 2.16. The van der Waals surface area contributed by atoms with Crippen LogP contribution in [0.15, 0.2) is 24.3 Å². The van der Waals surface area contributed by atoms with E-state index < -0.39 is 0 Å². The predicted octanol–water partition coefficient (Wildman–Crippen LogP) is 1.86. The molecule has 0 amide bonds. The third kappa shape index (κ3) is 2.29. The van der Waals surface area contributed by atoms with Crippen molar-refractivity contribution in [3.8, 4) is 5.75 Å². The van der Waals surface area contributed by atoms with Crippen LogP contribution in [-0.4, -0.2) is 25.5 Å². The molecule has 0 atom stereocenters. The number of rotatable bonds is 2. The van der Waals surface area contributed by atoms with E-state index in [0.29, 0.717) is 6.54 Å². The summed E-state index contributed by atoms with van der Waals surface area (Å²) in [5, 5.41) is 0. The Kier molecular flexibility index (Phi) is 2.90. The number of fused-ring (bicyclic) bond motifs is 1. The number of ether oxygens (including phenoxy) is 1. The quantitative estimate of drug-likeness (QED) is 0.738. The van der Waals surface area contributed by atoms with E-state index in [9.17, 15) is 4.79 Å². The molecule has 0 bridgehead atoms. The van der Waals surface area contributed by atoms with Crippen molar-refractivity contribution in [2.24, 2.45) is 0 Å². The van der Waals surface area contributed by atoms with Gasteiger partial charge in [-0.2, -0.15) is 0 Å². The Morgan fingerprint density at radius 1 is 1.47 bits per heavy atom. The molecule has 80 valence electrons. The summed E-state index contributed by atoms with van der Waals surface area (Å²) in [5.74, 6) is 1.07. The van der Waals surface area contributed by atoms with Crippen LogP contribution >= 0.6 is 0 Å². The molecule has 2 rings (SSSR count). The zero-order valence-corrected chi connectivity index (χ0v) is 8.90. The molecule has 0 spiro atoms. The Morgan fingerprint density at radius 3 is 3.07 bits per heavy atom. The molecule has 0 aliphatic carbocycles. The van der Waals surface area contributed by atoms with Crippen molar-refractivity contribution in [1.82, 2.24) is 0 Å². The maximum atomic E-state index is 11.2. The normalized spacial score (nSPS) is 15.1. The van der Waals surface area contributed by atoms with Crippen molar-refractivity contribution in [2.75, 3.05) is 24.6 Å². The molecule has 0 aromatic heterocycles. The largest absolute Gasteiger partial charge is 0.491 e. The monoisotopic (exact) mass is 205 g/mol. The number of hydrogen-bond acceptors (Lipinski definition) is 3. The van der Waals surface area contributed by atoms with Gasteiger partial charge in [0.05, 0.1) is 18.8 Å². The summed E-state index contributed by atoms with van der Waals surface area (Å²) in [6, 6.07) is 7.88. The number of anilines is 1. The molecule has 1 heterocycles. The minimum absolute atomic E-state index is 0.187. The van der Waals surface area contributed by atoms with E-state index in [2.05, 4.69) is 4.90 Å². The second-order valence-electron chi connectivity index (χ2n) is 3.79. The van der Waals surface area contributed by atoms with Crippen LogP contribution in [0.1, 0.15) is 13.3 Å². The van der Waals surface area contributed by atoms with Crippen LogP contribution in [0.5, 0.6) is 5.75 Å². The van der Waals surface area contributed by atoms with Gasteiger partial charge in [0.1, 0.15) is 11.5 Å². The molecule has 0 saturated carbocycles. The number of carbonyl (C=O) groups is 1. The van der Waals surface area contributed by atoms with Gasteiger partial charge in [0, 0.05) is 6.54 Å². The van der Waals surface area contributed by atoms with Crippen molar-refractivity contribution in [2.45, 2.75) is 13.3 Å². The average molecular weight is 205 g/mol. The molecular weight excluding hydrogens is 190 g/mol. The Morgan fingerprint density at radius 2 is 2.27 bits per heavy atom. The van der Waals surface area contributed by atoms with Gasteiger partial charge >= 0.3 is 0 Å². The van der Waals surface area contributed by atoms with Gasteiger partial charge < -0.3 is 9.64 Å². The molecule has 0 saturated heterocycles. The van der Waals surface area contributed by atoms with E-state index >= 15 is 0 Å². The third-order valence-electron chi connectivity index (χ3n) is 2.45. The van der Waals surface area contributed by atoms with E-state index in [1.807, 2.05) is 24.3 Å². The van der Waals surface area contributed by atoms with Crippen molar-refractivity contribution >= 4 is 11.5 Å². The van der Waals surface area contributed by atoms with Gasteiger partial charge in [0.15, 0.2) is 0 Å². The van der Waals surface area contributed by atoms with E-state index in [1.165, 1.54) is 0 Å². The first-order chi connectivity index (χ1) is 7.27. The summed E-state index contributed by atoms with van der Waals surface area (Å²) in [4.78, 5) is 13.2. The third-order valence-corrected chi connectivity index (χ3v) is 2.45. The number of para-hydroxylation sites is 2. The lowest BCUT2D eigenvalue weighted by Crippen LogP contribution is -2.29. The van der Waals surface area contributed by atoms with Gasteiger partial charge in [-0.15, -0.1) is 0 Å². The molecule has 1 aliphatic rings. The first-order valence-electron chi connectivity index (χ1n) is 5.23. The molecule has 0 N–H and O–H groups in total. The molecule has 3 nitrogen and oxygen atoms in total. The average Bonchev–Trinajstić information content (AvgIpc) is 2.41. The van der Waals surface area contributed by atoms with Crippen LogP contribution in [-0.2, 0) is 4.79 Å². The van der Waals surface area contributed by atoms with Gasteiger partial charge in [-0.25, -0.2) is 0 Å². The molecule has 3 heteroatoms. The number of carbonyl (C=O) groups excluding carboxylic acids is 1. The number of hydrogen-bond donors (Lipinski definition) is 0. The number of ketones is 1. The Balaban J connectivity index is 2.28. The van der Waals surface area contributed by atoms with Crippen LogP contribution < -0.4 is 9.64 Å². The molecule has 1 aliphatic heterocycles. The predicted molar refractivity (Wildman–Crippen MR) is 59.4 cm³/mol. The lowest BCUT2D eigenvalue weighted by atomic mass is 10.2. The van der Waals surface area contributed by atoms with Crippen LogP contribution in [0.4, 0.5) is 5.69 Å². The lowest BCUT2D eigenvalue weighted by Gasteiger charge is -2.21. The first-order valence-corrected chi connectivity index (χ1v) is 5.23. The number of nitrogens with zero attached hydrogens (tertiary/aromatic N) is 1. The second kappa shape index (κ2) is 4.34. The summed E-state index contributed by atoms with van der Waals surface area (Å²) < 4.78 is 5.61. The molecular formula is C12H15NO2. The van der Waals surface area contributed by atoms with E-state index in [4.69, 9.17) is 4.74 Å². The smallest absolute Gasteiger partial charge is 0.149 e. The zero-order valence-electron chi connectivity index (χ0n) is 8.90. The van der Waals surface area contributed by atoms with Gasteiger partial charge in [0.2, 0.25) is 0 Å². The molecule has 15 heavy (non-hydrogen) atoms. The van der Waals surface area contributed by atoms with Gasteiger partial charge in [0.25, 0.3) is 0 Å². The van der Waals surface area contributed by atoms with Crippen LogP contribution in [0.25, 0.3) is 0 Å². The summed E-state index contributed by atoms with van der Waals surface area (Å²) in [7, 11) is 0. The number of benzene rings is 1. The SMILES string of the molecule is CC(=O)CN1CCCOc2ccccc21. The molecule has 1 aromatic rings. The molecule has 0 radical (unpaired) electrons. The van der Waals surface area contributed by atoms with Gasteiger partial charge in [-0.05, 0) is 25.5 Å². The highest BCUT2D eigenvalue weighted by molar-refractivity contribution is 5.81. The van der Waals surface area contributed by atoms with Crippen molar-refractivity contribution in [3.05, 3.63) is 24.3 Å². The zero-order chi connectivity index (χ0) is 10.7. The fraction of sp³-hybridized carbons (Fsp3) is 0.417. The molecule has 1 aromatic carbocycles. The maximum absolute atomic E-state index is 11.2. The molecule has 0 fully saturated rings. The summed E-state index contributed by atoms with van der Waals surface area (Å²) in [6.45, 7) is 3.71. The Bertz CT molecular complexity index is 362. The highest BCUT2D eigenvalue weighted by atomic mass is 16.5. The second-order valence-corrected chi connectivity index (χ2v) is 3.79.